The predicted molar refractivity (Wildman–Crippen MR) is 53.3 cm³/mol. The highest BCUT2D eigenvalue weighted by atomic mass is 15.2. The van der Waals surface area contributed by atoms with Gasteiger partial charge in [-0.15, -0.1) is 0 Å². The van der Waals surface area contributed by atoms with Crippen LogP contribution in [-0.4, -0.2) is 22.9 Å². The van der Waals surface area contributed by atoms with E-state index in [1.807, 2.05) is 24.1 Å². The van der Waals surface area contributed by atoms with Gasteiger partial charge in [-0.2, -0.15) is 5.10 Å². The molecule has 1 atom stereocenters. The lowest BCUT2D eigenvalue weighted by Gasteiger charge is -2.10. The summed E-state index contributed by atoms with van der Waals surface area (Å²) in [5.74, 6) is 0. The SMILES string of the molecule is CC(NCCCN)c1cnn(C)c1. The van der Waals surface area contributed by atoms with Crippen LogP contribution in [0.2, 0.25) is 0 Å². The molecule has 4 nitrogen and oxygen atoms in total. The van der Waals surface area contributed by atoms with Gasteiger partial charge in [-0.05, 0) is 26.4 Å². The van der Waals surface area contributed by atoms with E-state index in [0.717, 1.165) is 19.5 Å². The summed E-state index contributed by atoms with van der Waals surface area (Å²) in [6.45, 7) is 3.84. The molecule has 0 aliphatic rings. The molecule has 0 spiro atoms. The number of nitrogens with one attached hydrogen (secondary N) is 1. The molecule has 0 amide bonds. The van der Waals surface area contributed by atoms with Crippen LogP contribution in [0.1, 0.15) is 24.9 Å². The van der Waals surface area contributed by atoms with Crippen LogP contribution in [0.5, 0.6) is 0 Å². The summed E-state index contributed by atoms with van der Waals surface area (Å²) >= 11 is 0. The summed E-state index contributed by atoms with van der Waals surface area (Å²) in [6, 6.07) is 0.361. The molecular weight excluding hydrogens is 164 g/mol. The fourth-order valence-electron chi connectivity index (χ4n) is 1.20. The van der Waals surface area contributed by atoms with Crippen LogP contribution in [0.4, 0.5) is 0 Å². The van der Waals surface area contributed by atoms with Gasteiger partial charge in [0.2, 0.25) is 0 Å². The van der Waals surface area contributed by atoms with Gasteiger partial charge >= 0.3 is 0 Å². The molecule has 0 saturated carbocycles. The second-order valence-corrected chi connectivity index (χ2v) is 3.27. The Hall–Kier alpha value is -0.870. The highest BCUT2D eigenvalue weighted by molar-refractivity contribution is 5.08. The minimum Gasteiger partial charge on any atom is -0.330 e. The van der Waals surface area contributed by atoms with E-state index in [1.54, 1.807) is 0 Å². The first kappa shape index (κ1) is 10.2. The van der Waals surface area contributed by atoms with Crippen LogP contribution in [0.3, 0.4) is 0 Å². The average Bonchev–Trinajstić information content (AvgIpc) is 2.52. The monoisotopic (exact) mass is 182 g/mol. The first-order valence-corrected chi connectivity index (χ1v) is 4.66. The zero-order valence-corrected chi connectivity index (χ0v) is 8.33. The van der Waals surface area contributed by atoms with E-state index in [4.69, 9.17) is 5.73 Å². The zero-order valence-electron chi connectivity index (χ0n) is 8.33. The number of nitrogens with zero attached hydrogens (tertiary/aromatic N) is 2. The van der Waals surface area contributed by atoms with Crippen molar-refractivity contribution in [1.29, 1.82) is 0 Å². The van der Waals surface area contributed by atoms with Crippen molar-refractivity contribution in [3.63, 3.8) is 0 Å². The molecular formula is C9H18N4. The number of rotatable bonds is 5. The maximum absolute atomic E-state index is 5.40. The van der Waals surface area contributed by atoms with Gasteiger partial charge in [-0.3, -0.25) is 4.68 Å². The number of nitrogens with two attached hydrogens (primary N) is 1. The summed E-state index contributed by atoms with van der Waals surface area (Å²) in [7, 11) is 1.93. The van der Waals surface area contributed by atoms with Crippen molar-refractivity contribution in [3.05, 3.63) is 18.0 Å². The van der Waals surface area contributed by atoms with Crippen molar-refractivity contribution < 1.29 is 0 Å². The van der Waals surface area contributed by atoms with E-state index in [1.165, 1.54) is 5.56 Å². The molecule has 1 aromatic heterocycles. The van der Waals surface area contributed by atoms with E-state index >= 15 is 0 Å². The standard InChI is InChI=1S/C9H18N4/c1-8(11-5-3-4-10)9-6-12-13(2)7-9/h6-8,11H,3-5,10H2,1-2H3. The second kappa shape index (κ2) is 4.99. The van der Waals surface area contributed by atoms with Crippen molar-refractivity contribution >= 4 is 0 Å². The van der Waals surface area contributed by atoms with E-state index in [9.17, 15) is 0 Å². The first-order chi connectivity index (χ1) is 6.24. The first-order valence-electron chi connectivity index (χ1n) is 4.66. The number of hydrogen-bond donors (Lipinski definition) is 2. The van der Waals surface area contributed by atoms with Gasteiger partial charge in [0.25, 0.3) is 0 Å². The molecule has 0 bridgehead atoms. The third-order valence-corrected chi connectivity index (χ3v) is 2.06. The van der Waals surface area contributed by atoms with Gasteiger partial charge in [0, 0.05) is 24.8 Å². The zero-order chi connectivity index (χ0) is 9.68. The number of aryl methyl sites for hydroxylation is 1. The van der Waals surface area contributed by atoms with Crippen LogP contribution in [0.15, 0.2) is 12.4 Å². The molecule has 0 fully saturated rings. The Morgan fingerprint density at radius 1 is 1.69 bits per heavy atom. The largest absolute Gasteiger partial charge is 0.330 e. The highest BCUT2D eigenvalue weighted by Gasteiger charge is 2.05. The van der Waals surface area contributed by atoms with E-state index < -0.39 is 0 Å². The summed E-state index contributed by atoms with van der Waals surface area (Å²) in [6.07, 6.45) is 4.94. The number of aromatic nitrogens is 2. The molecule has 0 aliphatic heterocycles. The molecule has 1 aromatic rings. The lowest BCUT2D eigenvalue weighted by atomic mass is 10.2. The quantitative estimate of drug-likeness (QED) is 0.649. The van der Waals surface area contributed by atoms with Crippen LogP contribution in [-0.2, 0) is 7.05 Å². The van der Waals surface area contributed by atoms with Crippen LogP contribution in [0, 0.1) is 0 Å². The molecule has 1 heterocycles. The van der Waals surface area contributed by atoms with Crippen LogP contribution < -0.4 is 11.1 Å². The smallest absolute Gasteiger partial charge is 0.0537 e. The third-order valence-electron chi connectivity index (χ3n) is 2.06. The minimum atomic E-state index is 0.361. The fourth-order valence-corrected chi connectivity index (χ4v) is 1.20. The second-order valence-electron chi connectivity index (χ2n) is 3.27. The summed E-state index contributed by atoms with van der Waals surface area (Å²) < 4.78 is 1.82. The minimum absolute atomic E-state index is 0.361. The van der Waals surface area contributed by atoms with Gasteiger partial charge in [-0.1, -0.05) is 0 Å². The van der Waals surface area contributed by atoms with Gasteiger partial charge in [0.05, 0.1) is 6.20 Å². The van der Waals surface area contributed by atoms with Gasteiger partial charge in [0.1, 0.15) is 0 Å². The van der Waals surface area contributed by atoms with Crippen LogP contribution >= 0.6 is 0 Å². The molecule has 0 saturated heterocycles. The van der Waals surface area contributed by atoms with E-state index in [-0.39, 0.29) is 0 Å². The maximum atomic E-state index is 5.40. The Morgan fingerprint density at radius 2 is 2.46 bits per heavy atom. The average molecular weight is 182 g/mol. The van der Waals surface area contributed by atoms with Crippen LogP contribution in [0.25, 0.3) is 0 Å². The van der Waals surface area contributed by atoms with E-state index in [0.29, 0.717) is 6.04 Å². The van der Waals surface area contributed by atoms with Gasteiger partial charge in [-0.25, -0.2) is 0 Å². The Labute approximate surface area is 79.1 Å². The molecule has 0 aromatic carbocycles. The summed E-state index contributed by atoms with van der Waals surface area (Å²) in [5.41, 5.74) is 6.62. The molecule has 3 N–H and O–H groups in total. The van der Waals surface area contributed by atoms with Gasteiger partial charge < -0.3 is 11.1 Å². The summed E-state index contributed by atoms with van der Waals surface area (Å²) in [5, 5.41) is 7.50. The van der Waals surface area contributed by atoms with Crippen molar-refractivity contribution in [2.45, 2.75) is 19.4 Å². The Bertz CT molecular complexity index is 244. The topological polar surface area (TPSA) is 55.9 Å². The highest BCUT2D eigenvalue weighted by Crippen LogP contribution is 2.09. The molecule has 74 valence electrons. The van der Waals surface area contributed by atoms with Crippen molar-refractivity contribution in [2.24, 2.45) is 12.8 Å². The van der Waals surface area contributed by atoms with Crippen molar-refractivity contribution in [1.82, 2.24) is 15.1 Å². The van der Waals surface area contributed by atoms with Gasteiger partial charge in [0.15, 0.2) is 0 Å². The van der Waals surface area contributed by atoms with Crippen molar-refractivity contribution in [3.8, 4) is 0 Å². The molecule has 1 rings (SSSR count). The molecule has 13 heavy (non-hydrogen) atoms. The summed E-state index contributed by atoms with van der Waals surface area (Å²) in [4.78, 5) is 0. The fraction of sp³-hybridized carbons (Fsp3) is 0.667. The third kappa shape index (κ3) is 3.16. The van der Waals surface area contributed by atoms with Crippen molar-refractivity contribution in [2.75, 3.05) is 13.1 Å². The molecule has 4 heteroatoms. The lowest BCUT2D eigenvalue weighted by Crippen LogP contribution is -2.21. The Morgan fingerprint density at radius 3 is 3.00 bits per heavy atom. The molecule has 0 radical (unpaired) electrons. The molecule has 1 unspecified atom stereocenters. The van der Waals surface area contributed by atoms with E-state index in [2.05, 4.69) is 17.3 Å². The molecule has 0 aliphatic carbocycles. The number of hydrogen-bond acceptors (Lipinski definition) is 3. The lowest BCUT2D eigenvalue weighted by molar-refractivity contribution is 0.561. The Kier molecular flexibility index (Phi) is 3.92. The predicted octanol–water partition coefficient (Wildman–Crippen LogP) is 0.420. The maximum Gasteiger partial charge on any atom is 0.0537 e. The Balaban J connectivity index is 2.35. The normalized spacial score (nSPS) is 13.2.